The second-order valence-corrected chi connectivity index (χ2v) is 8.20. The van der Waals surface area contributed by atoms with Crippen LogP contribution in [0.5, 0.6) is 0 Å². The van der Waals surface area contributed by atoms with Crippen LogP contribution in [0.1, 0.15) is 92.9 Å². The molecule has 2 aromatic carbocycles. The lowest BCUT2D eigenvalue weighted by molar-refractivity contribution is 0.612. The fraction of sp³-hybridized carbons (Fsp3) is 0.407. The van der Waals surface area contributed by atoms with Crippen molar-refractivity contribution in [1.82, 2.24) is 0 Å². The fourth-order valence-electron chi connectivity index (χ4n) is 5.08. The number of allylic oxidation sites excluding steroid dienone is 4. The standard InChI is InChI=1S/C27H32/c1-3-10-20-18-22(26-16-7-5-14-24(20)26)12-9-13-23-19-21(11-4-2)25-15-6-8-17-27(23)25/h5-8,14-19,22-23H,3-4,9-13H2,1-2H3. The third kappa shape index (κ3) is 3.68. The van der Waals surface area contributed by atoms with Crippen LogP contribution in [-0.4, -0.2) is 0 Å². The Morgan fingerprint density at radius 3 is 1.52 bits per heavy atom. The fourth-order valence-corrected chi connectivity index (χ4v) is 5.08. The molecule has 27 heavy (non-hydrogen) atoms. The molecule has 0 saturated carbocycles. The zero-order valence-corrected chi connectivity index (χ0v) is 16.9. The smallest absolute Gasteiger partial charge is 0.00300 e. The minimum absolute atomic E-state index is 0.624. The monoisotopic (exact) mass is 356 g/mol. The zero-order valence-electron chi connectivity index (χ0n) is 16.9. The first-order chi connectivity index (χ1) is 13.3. The van der Waals surface area contributed by atoms with E-state index in [0.717, 1.165) is 0 Å². The molecule has 0 heteroatoms. The summed E-state index contributed by atoms with van der Waals surface area (Å²) in [6.07, 6.45) is 13.9. The predicted octanol–water partition coefficient (Wildman–Crippen LogP) is 8.12. The van der Waals surface area contributed by atoms with Gasteiger partial charge in [0.1, 0.15) is 0 Å². The molecule has 0 amide bonds. The molecule has 140 valence electrons. The molecule has 0 N–H and O–H groups in total. The Labute approximate surface area is 165 Å². The molecular weight excluding hydrogens is 324 g/mol. The molecule has 2 atom stereocenters. The van der Waals surface area contributed by atoms with E-state index in [1.807, 2.05) is 0 Å². The van der Waals surface area contributed by atoms with Crippen molar-refractivity contribution in [3.05, 3.63) is 82.9 Å². The summed E-state index contributed by atoms with van der Waals surface area (Å²) >= 11 is 0. The molecule has 4 rings (SSSR count). The van der Waals surface area contributed by atoms with Crippen LogP contribution < -0.4 is 0 Å². The molecule has 0 bridgehead atoms. The van der Waals surface area contributed by atoms with Gasteiger partial charge in [0.15, 0.2) is 0 Å². The summed E-state index contributed by atoms with van der Waals surface area (Å²) in [6.45, 7) is 4.57. The van der Waals surface area contributed by atoms with Crippen molar-refractivity contribution in [3.63, 3.8) is 0 Å². The van der Waals surface area contributed by atoms with Crippen LogP contribution in [0, 0.1) is 0 Å². The van der Waals surface area contributed by atoms with E-state index in [0.29, 0.717) is 11.8 Å². The van der Waals surface area contributed by atoms with Crippen molar-refractivity contribution in [2.75, 3.05) is 0 Å². The summed E-state index contributed by atoms with van der Waals surface area (Å²) in [6, 6.07) is 18.2. The Balaban J connectivity index is 1.43. The maximum atomic E-state index is 2.56. The van der Waals surface area contributed by atoms with Gasteiger partial charge in [-0.25, -0.2) is 0 Å². The van der Waals surface area contributed by atoms with Crippen molar-refractivity contribution in [1.29, 1.82) is 0 Å². The summed E-state index contributed by atoms with van der Waals surface area (Å²) in [5, 5.41) is 0. The predicted molar refractivity (Wildman–Crippen MR) is 118 cm³/mol. The molecule has 0 aliphatic heterocycles. The average Bonchev–Trinajstić information content (AvgIpc) is 3.22. The first-order valence-electron chi connectivity index (χ1n) is 10.9. The number of benzene rings is 2. The molecular formula is C27H32. The molecule has 2 aromatic rings. The Bertz CT molecular complexity index is 780. The van der Waals surface area contributed by atoms with Crippen LogP contribution in [0.3, 0.4) is 0 Å². The van der Waals surface area contributed by atoms with E-state index in [1.165, 1.54) is 56.1 Å². The Hall–Kier alpha value is -2.08. The lowest BCUT2D eigenvalue weighted by Crippen LogP contribution is -1.97. The Kier molecular flexibility index (Phi) is 5.62. The Morgan fingerprint density at radius 2 is 1.07 bits per heavy atom. The third-order valence-electron chi connectivity index (χ3n) is 6.29. The van der Waals surface area contributed by atoms with E-state index < -0.39 is 0 Å². The maximum Gasteiger partial charge on any atom is 0.00300 e. The highest BCUT2D eigenvalue weighted by Gasteiger charge is 2.25. The number of hydrogen-bond donors (Lipinski definition) is 0. The van der Waals surface area contributed by atoms with Gasteiger partial charge in [0.25, 0.3) is 0 Å². The molecule has 2 unspecified atom stereocenters. The molecule has 0 spiro atoms. The first-order valence-corrected chi connectivity index (χ1v) is 10.9. The van der Waals surface area contributed by atoms with Crippen molar-refractivity contribution in [2.24, 2.45) is 0 Å². The van der Waals surface area contributed by atoms with Crippen LogP contribution in [0.4, 0.5) is 0 Å². The summed E-state index contributed by atoms with van der Waals surface area (Å²) in [7, 11) is 0. The second-order valence-electron chi connectivity index (χ2n) is 8.20. The highest BCUT2D eigenvalue weighted by atomic mass is 14.3. The van der Waals surface area contributed by atoms with Gasteiger partial charge in [-0.2, -0.15) is 0 Å². The molecule has 0 aromatic heterocycles. The first kappa shape index (κ1) is 18.3. The van der Waals surface area contributed by atoms with E-state index >= 15 is 0 Å². The van der Waals surface area contributed by atoms with Gasteiger partial charge in [0.2, 0.25) is 0 Å². The molecule has 2 aliphatic carbocycles. The lowest BCUT2D eigenvalue weighted by Gasteiger charge is -2.14. The van der Waals surface area contributed by atoms with Crippen molar-refractivity contribution in [2.45, 2.75) is 70.6 Å². The molecule has 0 nitrogen and oxygen atoms in total. The van der Waals surface area contributed by atoms with Crippen LogP contribution >= 0.6 is 0 Å². The van der Waals surface area contributed by atoms with E-state index in [4.69, 9.17) is 0 Å². The van der Waals surface area contributed by atoms with E-state index in [2.05, 4.69) is 74.5 Å². The number of fused-ring (bicyclic) bond motifs is 2. The minimum Gasteiger partial charge on any atom is -0.0732 e. The molecule has 2 aliphatic rings. The Morgan fingerprint density at radius 1 is 0.630 bits per heavy atom. The minimum atomic E-state index is 0.624. The highest BCUT2D eigenvalue weighted by molar-refractivity contribution is 5.75. The zero-order chi connectivity index (χ0) is 18.6. The van der Waals surface area contributed by atoms with Gasteiger partial charge < -0.3 is 0 Å². The SMILES string of the molecule is CCCC1=CC(CCCC2C=C(CCC)c3ccccc32)c2ccccc21. The normalized spacial score (nSPS) is 20.2. The van der Waals surface area contributed by atoms with Crippen LogP contribution in [-0.2, 0) is 0 Å². The summed E-state index contributed by atoms with van der Waals surface area (Å²) in [5.74, 6) is 1.25. The van der Waals surface area contributed by atoms with Crippen molar-refractivity contribution >= 4 is 11.1 Å². The largest absolute Gasteiger partial charge is 0.0732 e. The van der Waals surface area contributed by atoms with E-state index in [9.17, 15) is 0 Å². The lowest BCUT2D eigenvalue weighted by atomic mass is 9.90. The summed E-state index contributed by atoms with van der Waals surface area (Å²) in [4.78, 5) is 0. The van der Waals surface area contributed by atoms with Gasteiger partial charge in [-0.15, -0.1) is 0 Å². The maximum absolute atomic E-state index is 2.56. The summed E-state index contributed by atoms with van der Waals surface area (Å²) in [5.41, 5.74) is 9.32. The molecule has 0 saturated heterocycles. The van der Waals surface area contributed by atoms with Gasteiger partial charge in [0, 0.05) is 11.8 Å². The molecule has 0 fully saturated rings. The number of rotatable bonds is 8. The van der Waals surface area contributed by atoms with Crippen LogP contribution in [0.15, 0.2) is 60.7 Å². The number of hydrogen-bond acceptors (Lipinski definition) is 0. The second kappa shape index (κ2) is 8.30. The molecule has 0 radical (unpaired) electrons. The summed E-state index contributed by atoms with van der Waals surface area (Å²) < 4.78 is 0. The van der Waals surface area contributed by atoms with E-state index in [-0.39, 0.29) is 0 Å². The van der Waals surface area contributed by atoms with Crippen molar-refractivity contribution < 1.29 is 0 Å². The van der Waals surface area contributed by atoms with Gasteiger partial charge in [-0.3, -0.25) is 0 Å². The average molecular weight is 357 g/mol. The van der Waals surface area contributed by atoms with Gasteiger partial charge in [-0.1, -0.05) is 93.8 Å². The van der Waals surface area contributed by atoms with Gasteiger partial charge in [0.05, 0.1) is 0 Å². The quantitative estimate of drug-likeness (QED) is 0.448. The van der Waals surface area contributed by atoms with E-state index in [1.54, 1.807) is 22.3 Å². The third-order valence-corrected chi connectivity index (χ3v) is 6.29. The van der Waals surface area contributed by atoms with Crippen LogP contribution in [0.25, 0.3) is 11.1 Å². The van der Waals surface area contributed by atoms with Gasteiger partial charge in [-0.05, 0) is 59.1 Å². The van der Waals surface area contributed by atoms with Gasteiger partial charge >= 0.3 is 0 Å². The van der Waals surface area contributed by atoms with Crippen molar-refractivity contribution in [3.8, 4) is 0 Å². The highest BCUT2D eigenvalue weighted by Crippen LogP contribution is 2.43. The topological polar surface area (TPSA) is 0 Å². The molecule has 0 heterocycles. The van der Waals surface area contributed by atoms with Crippen LogP contribution in [0.2, 0.25) is 0 Å².